The second kappa shape index (κ2) is 8.56. The molecule has 0 atom stereocenters. The first-order valence-electron chi connectivity index (χ1n) is 9.16. The number of nitrogens with zero attached hydrogens (tertiary/aromatic N) is 2. The van der Waals surface area contributed by atoms with Crippen LogP contribution in [0, 0.1) is 21.8 Å². The van der Waals surface area contributed by atoms with Crippen LogP contribution in [0.5, 0.6) is 0 Å². The van der Waals surface area contributed by atoms with Crippen LogP contribution in [-0.2, 0) is 9.84 Å². The van der Waals surface area contributed by atoms with E-state index in [1.54, 1.807) is 18.2 Å². The van der Waals surface area contributed by atoms with Gasteiger partial charge in [-0.05, 0) is 77.4 Å². The number of allylic oxidation sites excluding steroid dienone is 1. The highest BCUT2D eigenvalue weighted by molar-refractivity contribution is 14.1. The Hall–Kier alpha value is -2.37. The van der Waals surface area contributed by atoms with E-state index in [4.69, 9.17) is 0 Å². The summed E-state index contributed by atoms with van der Waals surface area (Å²) < 4.78 is 29.1. The van der Waals surface area contributed by atoms with Gasteiger partial charge in [-0.2, -0.15) is 5.26 Å². The van der Waals surface area contributed by atoms with Crippen molar-refractivity contribution < 1.29 is 8.42 Å². The number of hydrogen-bond donors (Lipinski definition) is 0. The summed E-state index contributed by atoms with van der Waals surface area (Å²) in [5.41, 5.74) is 3.73. The molecule has 1 aromatic heterocycles. The van der Waals surface area contributed by atoms with E-state index in [-0.39, 0.29) is 15.7 Å². The third-order valence-electron chi connectivity index (χ3n) is 4.74. The van der Waals surface area contributed by atoms with Gasteiger partial charge in [-0.1, -0.05) is 44.2 Å². The average molecular weight is 516 g/mol. The number of benzene rings is 2. The predicted octanol–water partition coefficient (Wildman–Crippen LogP) is 5.85. The van der Waals surface area contributed by atoms with Crippen molar-refractivity contribution in [2.24, 2.45) is 0 Å². The van der Waals surface area contributed by atoms with Gasteiger partial charge in [-0.25, -0.2) is 8.42 Å². The van der Waals surface area contributed by atoms with E-state index in [1.165, 1.54) is 18.2 Å². The Balaban J connectivity index is 2.21. The Bertz CT molecular complexity index is 1220. The van der Waals surface area contributed by atoms with Crippen LogP contribution in [0.15, 0.2) is 70.5 Å². The normalized spacial score (nSPS) is 12.2. The number of sulfone groups is 1. The molecule has 3 aromatic rings. The molecule has 2 aromatic carbocycles. The van der Waals surface area contributed by atoms with E-state index < -0.39 is 9.84 Å². The lowest BCUT2D eigenvalue weighted by atomic mass is 10.1. The molecule has 0 spiro atoms. The zero-order valence-corrected chi connectivity index (χ0v) is 19.4. The molecule has 0 radical (unpaired) electrons. The SMILES string of the molecule is Cc1c(/C=C(\C#N)S(=O)(=O)c2ccccc2)cc(C(C)C)n1-c1ccccc1I. The molecular formula is C23H21IN2O2S. The van der Waals surface area contributed by atoms with Gasteiger partial charge in [-0.15, -0.1) is 0 Å². The fraction of sp³-hybridized carbons (Fsp3) is 0.174. The van der Waals surface area contributed by atoms with Crippen LogP contribution < -0.4 is 0 Å². The van der Waals surface area contributed by atoms with Gasteiger partial charge in [-0.3, -0.25) is 0 Å². The zero-order valence-electron chi connectivity index (χ0n) is 16.4. The maximum atomic E-state index is 12.9. The van der Waals surface area contributed by atoms with Gasteiger partial charge < -0.3 is 4.57 Å². The van der Waals surface area contributed by atoms with Crippen molar-refractivity contribution in [3.8, 4) is 11.8 Å². The van der Waals surface area contributed by atoms with E-state index in [1.807, 2.05) is 43.3 Å². The highest BCUT2D eigenvalue weighted by Gasteiger charge is 2.23. The maximum absolute atomic E-state index is 12.9. The van der Waals surface area contributed by atoms with Crippen LogP contribution in [0.25, 0.3) is 11.8 Å². The largest absolute Gasteiger partial charge is 0.316 e. The van der Waals surface area contributed by atoms with Gasteiger partial charge in [0.1, 0.15) is 11.0 Å². The Labute approximate surface area is 185 Å². The Morgan fingerprint density at radius 2 is 1.72 bits per heavy atom. The molecule has 3 rings (SSSR count). The first-order valence-corrected chi connectivity index (χ1v) is 11.7. The summed E-state index contributed by atoms with van der Waals surface area (Å²) in [6.45, 7) is 6.14. The number of hydrogen-bond acceptors (Lipinski definition) is 3. The highest BCUT2D eigenvalue weighted by Crippen LogP contribution is 2.31. The van der Waals surface area contributed by atoms with Gasteiger partial charge in [0.05, 0.1) is 10.6 Å². The first kappa shape index (κ1) is 21.3. The standard InChI is InChI=1S/C23H21IN2O2S/c1-16(2)23-14-18(17(3)26(23)22-12-8-7-11-21(22)24)13-20(15-25)29(27,28)19-9-5-4-6-10-19/h4-14,16H,1-3H3/b20-13+. The average Bonchev–Trinajstić information content (AvgIpc) is 3.03. The number of para-hydroxylation sites is 1. The predicted molar refractivity (Wildman–Crippen MR) is 125 cm³/mol. The van der Waals surface area contributed by atoms with Crippen LogP contribution in [-0.4, -0.2) is 13.0 Å². The van der Waals surface area contributed by atoms with Crippen molar-refractivity contribution in [2.45, 2.75) is 31.6 Å². The van der Waals surface area contributed by atoms with E-state index in [0.29, 0.717) is 0 Å². The molecule has 1 heterocycles. The van der Waals surface area contributed by atoms with Gasteiger partial charge in [0.2, 0.25) is 9.84 Å². The van der Waals surface area contributed by atoms with Crippen LogP contribution in [0.4, 0.5) is 0 Å². The van der Waals surface area contributed by atoms with Crippen molar-refractivity contribution in [2.75, 3.05) is 0 Å². The van der Waals surface area contributed by atoms with Crippen LogP contribution in [0.3, 0.4) is 0 Å². The molecule has 0 aliphatic heterocycles. The summed E-state index contributed by atoms with van der Waals surface area (Å²) in [7, 11) is -3.87. The fourth-order valence-electron chi connectivity index (χ4n) is 3.21. The molecule has 0 aliphatic carbocycles. The molecule has 29 heavy (non-hydrogen) atoms. The lowest BCUT2D eigenvalue weighted by molar-refractivity contribution is 0.603. The molecule has 0 fully saturated rings. The summed E-state index contributed by atoms with van der Waals surface area (Å²) in [6.07, 6.45) is 1.48. The smallest absolute Gasteiger partial charge is 0.216 e. The van der Waals surface area contributed by atoms with Crippen LogP contribution in [0.1, 0.15) is 36.7 Å². The van der Waals surface area contributed by atoms with E-state index >= 15 is 0 Å². The second-order valence-electron chi connectivity index (χ2n) is 6.99. The number of halogens is 1. The number of rotatable bonds is 5. The minimum Gasteiger partial charge on any atom is -0.316 e. The van der Waals surface area contributed by atoms with Crippen LogP contribution >= 0.6 is 22.6 Å². The lowest BCUT2D eigenvalue weighted by Gasteiger charge is -2.15. The van der Waals surface area contributed by atoms with Crippen molar-refractivity contribution in [3.63, 3.8) is 0 Å². The Morgan fingerprint density at radius 1 is 1.10 bits per heavy atom. The lowest BCUT2D eigenvalue weighted by Crippen LogP contribution is -2.05. The molecule has 6 heteroatoms. The van der Waals surface area contributed by atoms with Gasteiger partial charge in [0.25, 0.3) is 0 Å². The second-order valence-corrected chi connectivity index (χ2v) is 10.1. The van der Waals surface area contributed by atoms with Gasteiger partial charge in [0, 0.05) is 15.0 Å². The summed E-state index contributed by atoms with van der Waals surface area (Å²) in [5.74, 6) is 0.225. The first-order chi connectivity index (χ1) is 13.8. The Morgan fingerprint density at radius 3 is 2.31 bits per heavy atom. The van der Waals surface area contributed by atoms with Crippen molar-refractivity contribution in [3.05, 3.63) is 86.1 Å². The summed E-state index contributed by atoms with van der Waals surface area (Å²) in [5, 5.41) is 9.62. The molecule has 0 amide bonds. The molecule has 0 bridgehead atoms. The molecule has 0 aliphatic rings. The van der Waals surface area contributed by atoms with E-state index in [0.717, 1.165) is 26.2 Å². The third kappa shape index (κ3) is 4.16. The maximum Gasteiger partial charge on any atom is 0.216 e. The minimum absolute atomic E-state index is 0.117. The molecule has 4 nitrogen and oxygen atoms in total. The fourth-order valence-corrected chi connectivity index (χ4v) is 5.01. The number of aromatic nitrogens is 1. The summed E-state index contributed by atoms with van der Waals surface area (Å²) >= 11 is 2.30. The topological polar surface area (TPSA) is 62.9 Å². The number of nitriles is 1. The van der Waals surface area contributed by atoms with Crippen molar-refractivity contribution in [1.82, 2.24) is 4.57 Å². The molecular weight excluding hydrogens is 495 g/mol. The molecule has 148 valence electrons. The molecule has 0 saturated heterocycles. The molecule has 0 N–H and O–H groups in total. The van der Waals surface area contributed by atoms with Crippen molar-refractivity contribution in [1.29, 1.82) is 5.26 Å². The van der Waals surface area contributed by atoms with Gasteiger partial charge >= 0.3 is 0 Å². The molecule has 0 saturated carbocycles. The van der Waals surface area contributed by atoms with E-state index in [2.05, 4.69) is 41.0 Å². The Kier molecular flexibility index (Phi) is 6.30. The van der Waals surface area contributed by atoms with E-state index in [9.17, 15) is 13.7 Å². The minimum atomic E-state index is -3.87. The molecule has 0 unspecified atom stereocenters. The monoisotopic (exact) mass is 516 g/mol. The summed E-state index contributed by atoms with van der Waals surface area (Å²) in [6, 6.07) is 20.0. The van der Waals surface area contributed by atoms with Crippen molar-refractivity contribution >= 4 is 38.5 Å². The highest BCUT2D eigenvalue weighted by atomic mass is 127. The van der Waals surface area contributed by atoms with Gasteiger partial charge in [0.15, 0.2) is 0 Å². The zero-order chi connectivity index (χ0) is 21.2. The third-order valence-corrected chi connectivity index (χ3v) is 7.33. The quantitative estimate of drug-likeness (QED) is 0.316. The summed E-state index contributed by atoms with van der Waals surface area (Å²) in [4.78, 5) is -0.145. The van der Waals surface area contributed by atoms with Crippen LogP contribution in [0.2, 0.25) is 0 Å².